The van der Waals surface area contributed by atoms with E-state index in [2.05, 4.69) is 4.90 Å². The van der Waals surface area contributed by atoms with Gasteiger partial charge in [-0.15, -0.1) is 0 Å². The summed E-state index contributed by atoms with van der Waals surface area (Å²) in [6, 6.07) is 0.702. The maximum absolute atomic E-state index is 12.8. The number of carbonyl (C=O) groups excluding carboxylic acids is 1. The Hall–Kier alpha value is -0.570. The number of hydrogen-bond donors (Lipinski definition) is 1. The van der Waals surface area contributed by atoms with Gasteiger partial charge < -0.3 is 10.0 Å². The van der Waals surface area contributed by atoms with Gasteiger partial charge in [-0.3, -0.25) is 4.79 Å². The van der Waals surface area contributed by atoms with Gasteiger partial charge in [0.15, 0.2) is 0 Å². The fourth-order valence-electron chi connectivity index (χ4n) is 5.28. The summed E-state index contributed by atoms with van der Waals surface area (Å²) in [6.45, 7) is 0. The van der Waals surface area contributed by atoms with Crippen LogP contribution in [0.25, 0.3) is 0 Å². The van der Waals surface area contributed by atoms with Crippen LogP contribution >= 0.6 is 0 Å². The maximum Gasteiger partial charge on any atom is 0.226 e. The molecule has 0 radical (unpaired) electrons. The van der Waals surface area contributed by atoms with Gasteiger partial charge in [-0.25, -0.2) is 0 Å². The minimum atomic E-state index is -0.162. The summed E-state index contributed by atoms with van der Waals surface area (Å²) in [7, 11) is 0. The second-order valence-corrected chi connectivity index (χ2v) is 7.66. The number of nitrogens with zero attached hydrogens (tertiary/aromatic N) is 1. The van der Waals surface area contributed by atoms with Gasteiger partial charge in [0.2, 0.25) is 5.91 Å². The standard InChI is InChI=1S/C17H27NO2/c19-14-8-12-6-7-13(9-14)18(12)17(20)16-10-15(16)11-4-2-1-3-5-11/h11-16,19H,1-10H2. The van der Waals surface area contributed by atoms with Crippen LogP contribution in [0.5, 0.6) is 0 Å². The molecule has 1 N–H and O–H groups in total. The van der Waals surface area contributed by atoms with Crippen LogP contribution in [0.15, 0.2) is 0 Å². The highest BCUT2D eigenvalue weighted by Crippen LogP contribution is 2.51. The van der Waals surface area contributed by atoms with Crippen molar-refractivity contribution in [2.45, 2.75) is 82.4 Å². The highest BCUT2D eigenvalue weighted by atomic mass is 16.3. The van der Waals surface area contributed by atoms with Crippen molar-refractivity contribution < 1.29 is 9.90 Å². The maximum atomic E-state index is 12.8. The quantitative estimate of drug-likeness (QED) is 0.843. The summed E-state index contributed by atoms with van der Waals surface area (Å²) < 4.78 is 0. The van der Waals surface area contributed by atoms with Crippen LogP contribution in [0.3, 0.4) is 0 Å². The number of hydrogen-bond acceptors (Lipinski definition) is 2. The Bertz CT molecular complexity index is 376. The molecule has 4 aliphatic rings. The molecule has 3 nitrogen and oxygen atoms in total. The Balaban J connectivity index is 1.39. The highest BCUT2D eigenvalue weighted by molar-refractivity contribution is 5.82. The van der Waals surface area contributed by atoms with Crippen LogP contribution in [-0.2, 0) is 4.79 Å². The molecule has 0 aromatic carbocycles. The first-order valence-corrected chi connectivity index (χ1v) is 8.74. The smallest absolute Gasteiger partial charge is 0.226 e. The van der Waals surface area contributed by atoms with E-state index in [1.165, 1.54) is 32.1 Å². The van der Waals surface area contributed by atoms with E-state index in [1.54, 1.807) is 0 Å². The summed E-state index contributed by atoms with van der Waals surface area (Å²) in [4.78, 5) is 15.0. The average molecular weight is 277 g/mol. The molecule has 2 saturated carbocycles. The molecular weight excluding hydrogens is 250 g/mol. The molecule has 2 aliphatic carbocycles. The third-order valence-electron chi connectivity index (χ3n) is 6.38. The van der Waals surface area contributed by atoms with Crippen LogP contribution in [0.4, 0.5) is 0 Å². The van der Waals surface area contributed by atoms with Gasteiger partial charge in [0, 0.05) is 18.0 Å². The largest absolute Gasteiger partial charge is 0.393 e. The monoisotopic (exact) mass is 277 g/mol. The van der Waals surface area contributed by atoms with Gasteiger partial charge in [-0.1, -0.05) is 32.1 Å². The molecule has 4 atom stereocenters. The molecule has 2 saturated heterocycles. The average Bonchev–Trinajstić information content (AvgIpc) is 3.20. The zero-order valence-electron chi connectivity index (χ0n) is 12.3. The molecule has 3 heteroatoms. The van der Waals surface area contributed by atoms with Crippen molar-refractivity contribution in [2.24, 2.45) is 17.8 Å². The van der Waals surface area contributed by atoms with Gasteiger partial charge in [-0.05, 0) is 43.9 Å². The van der Waals surface area contributed by atoms with E-state index in [9.17, 15) is 9.90 Å². The van der Waals surface area contributed by atoms with Gasteiger partial charge in [0.25, 0.3) is 0 Å². The minimum absolute atomic E-state index is 0.162. The van der Waals surface area contributed by atoms with Gasteiger partial charge in [-0.2, -0.15) is 0 Å². The van der Waals surface area contributed by atoms with Gasteiger partial charge in [0.1, 0.15) is 0 Å². The molecule has 0 aromatic rings. The van der Waals surface area contributed by atoms with E-state index >= 15 is 0 Å². The molecule has 0 spiro atoms. The molecular formula is C17H27NO2. The molecule has 20 heavy (non-hydrogen) atoms. The lowest BCUT2D eigenvalue weighted by Gasteiger charge is -2.37. The lowest BCUT2D eigenvalue weighted by Crippen LogP contribution is -2.48. The SMILES string of the molecule is O=C(C1CC1C1CCCCC1)N1C2CCC1CC(O)C2. The molecule has 1 amide bonds. The number of piperidine rings is 1. The number of amides is 1. The van der Waals surface area contributed by atoms with Crippen molar-refractivity contribution in [1.82, 2.24) is 4.90 Å². The lowest BCUT2D eigenvalue weighted by atomic mass is 9.85. The van der Waals surface area contributed by atoms with Crippen molar-refractivity contribution >= 4 is 5.91 Å². The van der Waals surface area contributed by atoms with Crippen molar-refractivity contribution in [3.8, 4) is 0 Å². The minimum Gasteiger partial charge on any atom is -0.393 e. The first-order valence-electron chi connectivity index (χ1n) is 8.74. The van der Waals surface area contributed by atoms with E-state index in [-0.39, 0.29) is 6.10 Å². The summed E-state index contributed by atoms with van der Waals surface area (Å²) in [5.74, 6) is 2.33. The summed E-state index contributed by atoms with van der Waals surface area (Å²) in [5, 5.41) is 9.86. The van der Waals surface area contributed by atoms with Crippen molar-refractivity contribution in [2.75, 3.05) is 0 Å². The van der Waals surface area contributed by atoms with E-state index in [0.29, 0.717) is 29.8 Å². The fraction of sp³-hybridized carbons (Fsp3) is 0.941. The second-order valence-electron chi connectivity index (χ2n) is 7.66. The Kier molecular flexibility index (Phi) is 3.29. The van der Waals surface area contributed by atoms with Crippen LogP contribution in [-0.4, -0.2) is 34.1 Å². The molecule has 112 valence electrons. The second kappa shape index (κ2) is 5.01. The normalized spacial score (nSPS) is 44.6. The van der Waals surface area contributed by atoms with Crippen LogP contribution in [0.2, 0.25) is 0 Å². The molecule has 2 heterocycles. The molecule has 2 aliphatic heterocycles. The summed E-state index contributed by atoms with van der Waals surface area (Å²) in [5.41, 5.74) is 0. The Morgan fingerprint density at radius 3 is 2.20 bits per heavy atom. The van der Waals surface area contributed by atoms with Crippen LogP contribution in [0, 0.1) is 17.8 Å². The number of aliphatic hydroxyl groups is 1. The van der Waals surface area contributed by atoms with Crippen molar-refractivity contribution in [3.63, 3.8) is 0 Å². The first kappa shape index (κ1) is 13.1. The summed E-state index contributed by atoms with van der Waals surface area (Å²) >= 11 is 0. The van der Waals surface area contributed by atoms with Crippen LogP contribution < -0.4 is 0 Å². The molecule has 0 aromatic heterocycles. The van der Waals surface area contributed by atoms with Gasteiger partial charge >= 0.3 is 0 Å². The topological polar surface area (TPSA) is 40.5 Å². The number of rotatable bonds is 2. The molecule has 4 rings (SSSR count). The number of fused-ring (bicyclic) bond motifs is 2. The molecule has 4 unspecified atom stereocenters. The number of aliphatic hydroxyl groups excluding tert-OH is 1. The fourth-order valence-corrected chi connectivity index (χ4v) is 5.28. The predicted octanol–water partition coefficient (Wildman–Crippen LogP) is 2.72. The van der Waals surface area contributed by atoms with Crippen molar-refractivity contribution in [3.05, 3.63) is 0 Å². The third kappa shape index (κ3) is 2.18. The third-order valence-corrected chi connectivity index (χ3v) is 6.38. The zero-order chi connectivity index (χ0) is 13.7. The van der Waals surface area contributed by atoms with E-state index < -0.39 is 0 Å². The Morgan fingerprint density at radius 1 is 0.900 bits per heavy atom. The van der Waals surface area contributed by atoms with E-state index in [4.69, 9.17) is 0 Å². The zero-order valence-corrected chi connectivity index (χ0v) is 12.3. The highest BCUT2D eigenvalue weighted by Gasteiger charge is 2.53. The van der Waals surface area contributed by atoms with Gasteiger partial charge in [0.05, 0.1) is 6.10 Å². The number of carbonyl (C=O) groups is 1. The molecule has 2 bridgehead atoms. The summed E-state index contributed by atoms with van der Waals surface area (Å²) in [6.07, 6.45) is 11.8. The lowest BCUT2D eigenvalue weighted by molar-refractivity contribution is -0.139. The van der Waals surface area contributed by atoms with E-state index in [0.717, 1.165) is 38.0 Å². The van der Waals surface area contributed by atoms with E-state index in [1.807, 2.05) is 0 Å². The molecule has 4 fully saturated rings. The Morgan fingerprint density at radius 2 is 1.55 bits per heavy atom. The first-order chi connectivity index (χ1) is 9.74. The Labute approximate surface area is 121 Å². The predicted molar refractivity (Wildman–Crippen MR) is 77.1 cm³/mol. The van der Waals surface area contributed by atoms with Crippen LogP contribution in [0.1, 0.15) is 64.2 Å². The van der Waals surface area contributed by atoms with Crippen molar-refractivity contribution in [1.29, 1.82) is 0 Å².